The topological polar surface area (TPSA) is 20.2 Å². The molecule has 21 heavy (non-hydrogen) atoms. The predicted molar refractivity (Wildman–Crippen MR) is 61.8 cm³/mol. The second-order valence-electron chi connectivity index (χ2n) is 4.34. The summed E-state index contributed by atoms with van der Waals surface area (Å²) in [5, 5.41) is 9.90. The van der Waals surface area contributed by atoms with Gasteiger partial charge in [0.1, 0.15) is 23.6 Å². The number of aliphatic hydroxyl groups excluding tert-OH is 1. The van der Waals surface area contributed by atoms with Gasteiger partial charge in [0, 0.05) is 6.07 Å². The van der Waals surface area contributed by atoms with Gasteiger partial charge in [-0.15, -0.1) is 0 Å². The molecule has 2 rings (SSSR count). The molecule has 0 saturated carbocycles. The molecule has 0 spiro atoms. The van der Waals surface area contributed by atoms with Crippen LogP contribution in [0.4, 0.5) is 26.3 Å². The number of hydrogen-bond donors (Lipinski definition) is 1. The van der Waals surface area contributed by atoms with E-state index in [-0.39, 0.29) is 11.1 Å². The lowest BCUT2D eigenvalue weighted by Gasteiger charge is -2.15. The van der Waals surface area contributed by atoms with Gasteiger partial charge in [0.15, 0.2) is 0 Å². The first-order chi connectivity index (χ1) is 9.68. The third kappa shape index (κ3) is 3.36. The fourth-order valence-corrected chi connectivity index (χ4v) is 1.86. The van der Waals surface area contributed by atoms with Crippen molar-refractivity contribution in [1.82, 2.24) is 0 Å². The van der Waals surface area contributed by atoms with E-state index in [1.165, 1.54) is 0 Å². The van der Waals surface area contributed by atoms with Crippen LogP contribution in [0.3, 0.4) is 0 Å². The first kappa shape index (κ1) is 15.4. The highest BCUT2D eigenvalue weighted by Crippen LogP contribution is 2.34. The summed E-state index contributed by atoms with van der Waals surface area (Å²) in [5.41, 5.74) is -2.16. The van der Waals surface area contributed by atoms with E-state index < -0.39 is 35.3 Å². The van der Waals surface area contributed by atoms with Crippen molar-refractivity contribution in [2.75, 3.05) is 0 Å². The number of rotatable bonds is 2. The number of hydrogen-bond acceptors (Lipinski definition) is 1. The van der Waals surface area contributed by atoms with Crippen molar-refractivity contribution >= 4 is 0 Å². The van der Waals surface area contributed by atoms with Crippen LogP contribution in [0.15, 0.2) is 36.4 Å². The van der Waals surface area contributed by atoms with E-state index in [0.717, 1.165) is 18.2 Å². The molecular formula is C14H8F6O. The lowest BCUT2D eigenvalue weighted by Crippen LogP contribution is -2.10. The molecule has 1 nitrogen and oxygen atoms in total. The zero-order valence-corrected chi connectivity index (χ0v) is 10.3. The Morgan fingerprint density at radius 2 is 1.38 bits per heavy atom. The summed E-state index contributed by atoms with van der Waals surface area (Å²) in [6, 6.07) is 3.98. The van der Waals surface area contributed by atoms with Crippen molar-refractivity contribution in [3.8, 4) is 0 Å². The van der Waals surface area contributed by atoms with Crippen molar-refractivity contribution in [1.29, 1.82) is 0 Å². The van der Waals surface area contributed by atoms with E-state index in [1.807, 2.05) is 0 Å². The minimum absolute atomic E-state index is 0.271. The maximum Gasteiger partial charge on any atom is 0.419 e. The summed E-state index contributed by atoms with van der Waals surface area (Å²) in [4.78, 5) is 0. The fourth-order valence-electron chi connectivity index (χ4n) is 1.86. The first-order valence-electron chi connectivity index (χ1n) is 5.69. The quantitative estimate of drug-likeness (QED) is 0.824. The SMILES string of the molecule is OC(c1cc(F)cc(F)c1)c1ccc(F)c(C(F)(F)F)c1. The average molecular weight is 306 g/mol. The Morgan fingerprint density at radius 3 is 1.90 bits per heavy atom. The predicted octanol–water partition coefficient (Wildman–Crippen LogP) is 4.20. The Bertz CT molecular complexity index is 645. The van der Waals surface area contributed by atoms with Gasteiger partial charge in [-0.1, -0.05) is 6.07 Å². The van der Waals surface area contributed by atoms with E-state index >= 15 is 0 Å². The monoisotopic (exact) mass is 306 g/mol. The third-order valence-corrected chi connectivity index (χ3v) is 2.81. The standard InChI is InChI=1S/C14H8F6O/c15-9-3-8(4-10(16)6-9)13(21)7-1-2-12(17)11(5-7)14(18,19)20/h1-6,13,21H. The summed E-state index contributed by atoms with van der Waals surface area (Å²) >= 11 is 0. The highest BCUT2D eigenvalue weighted by atomic mass is 19.4. The molecule has 0 saturated heterocycles. The molecule has 0 amide bonds. The highest BCUT2D eigenvalue weighted by molar-refractivity contribution is 5.34. The Labute approximate surface area is 115 Å². The van der Waals surface area contributed by atoms with Crippen molar-refractivity contribution in [3.63, 3.8) is 0 Å². The van der Waals surface area contributed by atoms with Crippen LogP contribution in [0.2, 0.25) is 0 Å². The Balaban J connectivity index is 2.46. The fraction of sp³-hybridized carbons (Fsp3) is 0.143. The highest BCUT2D eigenvalue weighted by Gasteiger charge is 2.34. The summed E-state index contributed by atoms with van der Waals surface area (Å²) in [5.74, 6) is -3.46. The van der Waals surface area contributed by atoms with Gasteiger partial charge >= 0.3 is 6.18 Å². The van der Waals surface area contributed by atoms with Gasteiger partial charge in [0.2, 0.25) is 0 Å². The molecule has 7 heteroatoms. The molecule has 112 valence electrons. The van der Waals surface area contributed by atoms with Crippen LogP contribution in [-0.2, 0) is 6.18 Å². The molecular weight excluding hydrogens is 298 g/mol. The van der Waals surface area contributed by atoms with Crippen LogP contribution in [0, 0.1) is 17.5 Å². The average Bonchev–Trinajstić information content (AvgIpc) is 2.36. The zero-order chi connectivity index (χ0) is 15.8. The van der Waals surface area contributed by atoms with Crippen LogP contribution in [0.1, 0.15) is 22.8 Å². The summed E-state index contributed by atoms with van der Waals surface area (Å²) in [7, 11) is 0. The largest absolute Gasteiger partial charge is 0.419 e. The number of alkyl halides is 3. The smallest absolute Gasteiger partial charge is 0.384 e. The molecule has 2 aromatic rings. The van der Waals surface area contributed by atoms with E-state index in [4.69, 9.17) is 0 Å². The Morgan fingerprint density at radius 1 is 0.810 bits per heavy atom. The maximum atomic E-state index is 13.1. The lowest BCUT2D eigenvalue weighted by molar-refractivity contribution is -0.140. The Hall–Kier alpha value is -2.02. The van der Waals surface area contributed by atoms with Gasteiger partial charge in [-0.25, -0.2) is 13.2 Å². The van der Waals surface area contributed by atoms with Gasteiger partial charge < -0.3 is 5.11 Å². The maximum absolute atomic E-state index is 13.1. The summed E-state index contributed by atoms with van der Waals surface area (Å²) < 4.78 is 77.0. The minimum Gasteiger partial charge on any atom is -0.384 e. The van der Waals surface area contributed by atoms with Gasteiger partial charge in [0.25, 0.3) is 0 Å². The van der Waals surface area contributed by atoms with E-state index in [1.54, 1.807) is 0 Å². The van der Waals surface area contributed by atoms with E-state index in [2.05, 4.69) is 0 Å². The van der Waals surface area contributed by atoms with E-state index in [9.17, 15) is 31.4 Å². The Kier molecular flexibility index (Phi) is 3.95. The number of aliphatic hydroxyl groups is 1. The van der Waals surface area contributed by atoms with Crippen LogP contribution in [-0.4, -0.2) is 5.11 Å². The molecule has 1 N–H and O–H groups in total. The molecule has 0 bridgehead atoms. The molecule has 0 aromatic heterocycles. The van der Waals surface area contributed by atoms with Gasteiger partial charge in [-0.3, -0.25) is 0 Å². The van der Waals surface area contributed by atoms with Gasteiger partial charge in [0.05, 0.1) is 5.56 Å². The van der Waals surface area contributed by atoms with Crippen molar-refractivity contribution in [2.45, 2.75) is 12.3 Å². The van der Waals surface area contributed by atoms with Crippen LogP contribution >= 0.6 is 0 Å². The van der Waals surface area contributed by atoms with E-state index in [0.29, 0.717) is 18.2 Å². The molecule has 2 aromatic carbocycles. The summed E-state index contributed by atoms with van der Waals surface area (Å²) in [6.45, 7) is 0. The van der Waals surface area contributed by atoms with Gasteiger partial charge in [-0.05, 0) is 35.4 Å². The second kappa shape index (κ2) is 5.40. The summed E-state index contributed by atoms with van der Waals surface area (Å²) in [6.07, 6.45) is -6.65. The zero-order valence-electron chi connectivity index (χ0n) is 10.3. The van der Waals surface area contributed by atoms with Crippen LogP contribution in [0.5, 0.6) is 0 Å². The molecule has 0 aliphatic carbocycles. The second-order valence-corrected chi connectivity index (χ2v) is 4.34. The molecule has 0 heterocycles. The lowest BCUT2D eigenvalue weighted by atomic mass is 9.99. The first-order valence-corrected chi connectivity index (χ1v) is 5.69. The minimum atomic E-state index is -4.94. The van der Waals surface area contributed by atoms with Crippen molar-refractivity contribution in [3.05, 3.63) is 70.5 Å². The molecule has 0 aliphatic heterocycles. The molecule has 0 fully saturated rings. The number of halogens is 6. The molecule has 0 aliphatic rings. The molecule has 0 radical (unpaired) electrons. The van der Waals surface area contributed by atoms with Crippen molar-refractivity contribution in [2.24, 2.45) is 0 Å². The normalized spacial score (nSPS) is 13.3. The number of benzene rings is 2. The molecule has 1 atom stereocenters. The third-order valence-electron chi connectivity index (χ3n) is 2.81. The van der Waals surface area contributed by atoms with Gasteiger partial charge in [-0.2, -0.15) is 13.2 Å². The molecule has 1 unspecified atom stereocenters. The van der Waals surface area contributed by atoms with Crippen LogP contribution < -0.4 is 0 Å². The van der Waals surface area contributed by atoms with Crippen LogP contribution in [0.25, 0.3) is 0 Å². The van der Waals surface area contributed by atoms with Crippen molar-refractivity contribution < 1.29 is 31.4 Å².